The normalized spacial score (nSPS) is 13.0. The van der Waals surface area contributed by atoms with Gasteiger partial charge in [0, 0.05) is 20.6 Å². The molecule has 1 unspecified atom stereocenters. The molecule has 1 aromatic rings. The van der Waals surface area contributed by atoms with Crippen LogP contribution < -0.4 is 0 Å². The lowest BCUT2D eigenvalue weighted by Crippen LogP contribution is -2.28. The third kappa shape index (κ3) is 5.36. The Morgan fingerprint density at radius 2 is 1.76 bits per heavy atom. The van der Waals surface area contributed by atoms with E-state index in [9.17, 15) is 8.78 Å². The lowest BCUT2D eigenvalue weighted by molar-refractivity contribution is 0.101. The zero-order chi connectivity index (χ0) is 12.7. The van der Waals surface area contributed by atoms with Gasteiger partial charge in [-0.25, -0.2) is 8.78 Å². The lowest BCUT2D eigenvalue weighted by Gasteiger charge is -2.14. The first kappa shape index (κ1) is 14.2. The summed E-state index contributed by atoms with van der Waals surface area (Å²) in [6, 6.07) is 5.74. The van der Waals surface area contributed by atoms with Crippen molar-refractivity contribution in [3.63, 3.8) is 0 Å². The maximum atomic E-state index is 13.5. The number of rotatable bonds is 7. The van der Waals surface area contributed by atoms with E-state index in [2.05, 4.69) is 0 Å². The van der Waals surface area contributed by atoms with Gasteiger partial charge in [0.15, 0.2) is 0 Å². The van der Waals surface area contributed by atoms with Crippen molar-refractivity contribution in [1.29, 1.82) is 0 Å². The number of hydrogen-bond donors (Lipinski definition) is 0. The van der Waals surface area contributed by atoms with E-state index >= 15 is 0 Å². The van der Waals surface area contributed by atoms with Crippen LogP contribution in [0.3, 0.4) is 0 Å². The smallest absolute Gasteiger partial charge is 0.379 e. The van der Waals surface area contributed by atoms with Crippen molar-refractivity contribution in [3.8, 4) is 0 Å². The average molecular weight is 262 g/mol. The van der Waals surface area contributed by atoms with Gasteiger partial charge in [-0.05, 0) is 17.7 Å². The number of hydrogen-bond acceptors (Lipinski definition) is 3. The molecule has 0 amide bonds. The highest BCUT2D eigenvalue weighted by molar-refractivity contribution is 6.36. The van der Waals surface area contributed by atoms with Gasteiger partial charge in [0.1, 0.15) is 12.0 Å². The van der Waals surface area contributed by atoms with Crippen LogP contribution in [0.25, 0.3) is 0 Å². The SMILES string of the molecule is CO[SiH](OC)OCC(F)Cc1ccc(F)cc1. The van der Waals surface area contributed by atoms with Crippen molar-refractivity contribution in [1.82, 2.24) is 0 Å². The number of halogens is 2. The summed E-state index contributed by atoms with van der Waals surface area (Å²) in [6.07, 6.45) is -0.963. The van der Waals surface area contributed by atoms with Gasteiger partial charge in [0.25, 0.3) is 0 Å². The van der Waals surface area contributed by atoms with Crippen molar-refractivity contribution in [2.75, 3.05) is 20.8 Å². The minimum Gasteiger partial charge on any atom is -0.379 e. The molecule has 0 N–H and O–H groups in total. The zero-order valence-electron chi connectivity index (χ0n) is 9.86. The van der Waals surface area contributed by atoms with Gasteiger partial charge < -0.3 is 13.3 Å². The molecule has 0 saturated carbocycles. The molecule has 1 rings (SSSR count). The van der Waals surface area contributed by atoms with Gasteiger partial charge >= 0.3 is 9.53 Å². The van der Waals surface area contributed by atoms with E-state index in [0.717, 1.165) is 5.56 Å². The molecule has 1 atom stereocenters. The second kappa shape index (κ2) is 7.49. The predicted molar refractivity (Wildman–Crippen MR) is 62.1 cm³/mol. The number of alkyl halides is 1. The Hall–Kier alpha value is -0.823. The average Bonchev–Trinajstić information content (AvgIpc) is 2.33. The highest BCUT2D eigenvalue weighted by atomic mass is 28.3. The van der Waals surface area contributed by atoms with Gasteiger partial charge in [-0.3, -0.25) is 0 Å². The summed E-state index contributed by atoms with van der Waals surface area (Å²) in [5, 5.41) is 0. The predicted octanol–water partition coefficient (Wildman–Crippen LogP) is 1.73. The largest absolute Gasteiger partial charge is 0.483 e. The van der Waals surface area contributed by atoms with Crippen LogP contribution in [-0.2, 0) is 19.7 Å². The molecule has 0 aliphatic rings. The van der Waals surface area contributed by atoms with Gasteiger partial charge in [-0.15, -0.1) is 0 Å². The maximum Gasteiger partial charge on any atom is 0.483 e. The van der Waals surface area contributed by atoms with Crippen LogP contribution in [-0.4, -0.2) is 36.5 Å². The van der Waals surface area contributed by atoms with E-state index in [1.807, 2.05) is 0 Å². The third-order valence-corrected chi connectivity index (χ3v) is 3.40. The summed E-state index contributed by atoms with van der Waals surface area (Å²) >= 11 is 0. The molecule has 1 aromatic carbocycles. The van der Waals surface area contributed by atoms with Gasteiger partial charge in [-0.2, -0.15) is 0 Å². The van der Waals surface area contributed by atoms with Crippen LogP contribution in [0, 0.1) is 5.82 Å². The highest BCUT2D eigenvalue weighted by Gasteiger charge is 2.15. The monoisotopic (exact) mass is 262 g/mol. The lowest BCUT2D eigenvalue weighted by atomic mass is 10.1. The van der Waals surface area contributed by atoms with Crippen LogP contribution in [0.5, 0.6) is 0 Å². The standard InChI is InChI=1S/C11H16F2O3Si/c1-14-17(15-2)16-8-11(13)7-9-3-5-10(12)6-4-9/h3-6,11,17H,7-8H2,1-2H3. The van der Waals surface area contributed by atoms with E-state index in [0.29, 0.717) is 0 Å². The fourth-order valence-corrected chi connectivity index (χ4v) is 2.18. The summed E-state index contributed by atoms with van der Waals surface area (Å²) in [6.45, 7) is -0.0735. The van der Waals surface area contributed by atoms with Crippen LogP contribution in [0.4, 0.5) is 8.78 Å². The molecule has 0 radical (unpaired) electrons. The molecule has 0 aliphatic heterocycles. The quantitative estimate of drug-likeness (QED) is 0.700. The van der Waals surface area contributed by atoms with Crippen molar-refractivity contribution in [2.45, 2.75) is 12.6 Å². The molecular weight excluding hydrogens is 246 g/mol. The van der Waals surface area contributed by atoms with E-state index < -0.39 is 15.7 Å². The van der Waals surface area contributed by atoms with Crippen LogP contribution >= 0.6 is 0 Å². The van der Waals surface area contributed by atoms with Crippen molar-refractivity contribution in [3.05, 3.63) is 35.6 Å². The summed E-state index contributed by atoms with van der Waals surface area (Å²) in [5.41, 5.74) is 0.732. The summed E-state index contributed by atoms with van der Waals surface area (Å²) < 4.78 is 41.1. The Morgan fingerprint density at radius 3 is 2.29 bits per heavy atom. The molecule has 0 aromatic heterocycles. The fourth-order valence-electron chi connectivity index (χ4n) is 1.35. The Balaban J connectivity index is 2.34. The summed E-state index contributed by atoms with van der Waals surface area (Å²) in [4.78, 5) is 0. The molecule has 0 fully saturated rings. The van der Waals surface area contributed by atoms with Crippen molar-refractivity contribution in [2.24, 2.45) is 0 Å². The molecule has 96 valence electrons. The van der Waals surface area contributed by atoms with Crippen molar-refractivity contribution < 1.29 is 22.1 Å². The topological polar surface area (TPSA) is 27.7 Å². The first-order chi connectivity index (χ1) is 8.15. The molecule has 0 saturated heterocycles. The van der Waals surface area contributed by atoms with Crippen molar-refractivity contribution >= 4 is 9.53 Å². The molecule has 0 aliphatic carbocycles. The van der Waals surface area contributed by atoms with E-state index in [4.69, 9.17) is 13.3 Å². The Bertz CT molecular complexity index is 317. The van der Waals surface area contributed by atoms with Crippen LogP contribution in [0.1, 0.15) is 5.56 Å². The molecule has 0 heterocycles. The molecule has 17 heavy (non-hydrogen) atoms. The Labute approximate surface area is 101 Å². The van der Waals surface area contributed by atoms with E-state index in [1.54, 1.807) is 12.1 Å². The fraction of sp³-hybridized carbons (Fsp3) is 0.455. The number of benzene rings is 1. The second-order valence-corrected chi connectivity index (χ2v) is 5.37. The molecule has 0 spiro atoms. The Kier molecular flexibility index (Phi) is 6.28. The first-order valence-corrected chi connectivity index (χ1v) is 6.63. The first-order valence-electron chi connectivity index (χ1n) is 5.21. The van der Waals surface area contributed by atoms with Crippen LogP contribution in [0.15, 0.2) is 24.3 Å². The second-order valence-electron chi connectivity index (χ2n) is 3.52. The third-order valence-electron chi connectivity index (χ3n) is 2.17. The Morgan fingerprint density at radius 1 is 1.18 bits per heavy atom. The molecule has 0 bridgehead atoms. The maximum absolute atomic E-state index is 13.5. The molecular formula is C11H16F2O3Si. The molecule has 3 nitrogen and oxygen atoms in total. The van der Waals surface area contributed by atoms with Crippen LogP contribution in [0.2, 0.25) is 0 Å². The molecule has 6 heteroatoms. The zero-order valence-corrected chi connectivity index (χ0v) is 11.0. The summed E-state index contributed by atoms with van der Waals surface area (Å²) in [5.74, 6) is -0.327. The minimum atomic E-state index is -2.16. The summed E-state index contributed by atoms with van der Waals surface area (Å²) in [7, 11) is 0.768. The highest BCUT2D eigenvalue weighted by Crippen LogP contribution is 2.08. The van der Waals surface area contributed by atoms with E-state index in [1.165, 1.54) is 26.4 Å². The van der Waals surface area contributed by atoms with Gasteiger partial charge in [0.2, 0.25) is 0 Å². The van der Waals surface area contributed by atoms with Gasteiger partial charge in [-0.1, -0.05) is 12.1 Å². The minimum absolute atomic E-state index is 0.0735. The van der Waals surface area contributed by atoms with Gasteiger partial charge in [0.05, 0.1) is 6.61 Å². The van der Waals surface area contributed by atoms with E-state index in [-0.39, 0.29) is 18.8 Å².